The fraction of sp³-hybridized carbons (Fsp3) is 0.471. The van der Waals surface area contributed by atoms with Crippen molar-refractivity contribution >= 4 is 17.5 Å². The number of carbonyl (C=O) groups excluding carboxylic acids is 1. The number of benzene rings is 1. The van der Waals surface area contributed by atoms with E-state index in [-0.39, 0.29) is 29.4 Å². The summed E-state index contributed by atoms with van der Waals surface area (Å²) in [6, 6.07) is 2.79. The second-order valence-electron chi connectivity index (χ2n) is 6.91. The first-order valence-electron chi connectivity index (χ1n) is 8.32. The maximum Gasteiger partial charge on any atom is 0.345 e. The SMILES string of the molecule is Cc1ccc(F)c(C(=O)N2CCC3(C2)Cn2c(nn(C)c2=O)CO3)c1Cl. The standard InChI is InChI=1S/C17H18ClFN4O3/c1-10-3-4-11(19)13(14(10)18)15(24)22-6-5-17(8-22)9-23-12(7-26-17)20-21(2)16(23)25/h3-4H,5-9H2,1-2H3. The highest BCUT2D eigenvalue weighted by Gasteiger charge is 2.45. The Morgan fingerprint density at radius 3 is 2.92 bits per heavy atom. The van der Waals surface area contributed by atoms with E-state index in [0.29, 0.717) is 30.9 Å². The zero-order chi connectivity index (χ0) is 18.6. The van der Waals surface area contributed by atoms with Crippen LogP contribution in [0.3, 0.4) is 0 Å². The second-order valence-corrected chi connectivity index (χ2v) is 7.29. The summed E-state index contributed by atoms with van der Waals surface area (Å²) in [5.74, 6) is -0.524. The van der Waals surface area contributed by atoms with Gasteiger partial charge in [0.2, 0.25) is 0 Å². The van der Waals surface area contributed by atoms with Crippen LogP contribution in [-0.2, 0) is 24.9 Å². The highest BCUT2D eigenvalue weighted by molar-refractivity contribution is 6.34. The molecule has 1 amide bonds. The van der Waals surface area contributed by atoms with Crippen LogP contribution >= 0.6 is 11.6 Å². The third-order valence-corrected chi connectivity index (χ3v) is 5.63. The molecule has 1 unspecified atom stereocenters. The van der Waals surface area contributed by atoms with Gasteiger partial charge in [0.1, 0.15) is 18.0 Å². The number of ether oxygens (including phenoxy) is 1. The molecule has 0 bridgehead atoms. The van der Waals surface area contributed by atoms with Gasteiger partial charge >= 0.3 is 5.69 Å². The van der Waals surface area contributed by atoms with Crippen LogP contribution in [0.25, 0.3) is 0 Å². The monoisotopic (exact) mass is 380 g/mol. The van der Waals surface area contributed by atoms with Crippen LogP contribution in [0, 0.1) is 12.7 Å². The maximum atomic E-state index is 14.2. The van der Waals surface area contributed by atoms with Crippen LogP contribution in [0.4, 0.5) is 4.39 Å². The third-order valence-electron chi connectivity index (χ3n) is 5.14. The fourth-order valence-electron chi connectivity index (χ4n) is 3.65. The van der Waals surface area contributed by atoms with Crippen LogP contribution in [0.15, 0.2) is 16.9 Å². The lowest BCUT2D eigenvalue weighted by Crippen LogP contribution is -2.47. The Morgan fingerprint density at radius 1 is 1.38 bits per heavy atom. The summed E-state index contributed by atoms with van der Waals surface area (Å²) in [6.07, 6.45) is 0.560. The van der Waals surface area contributed by atoms with Gasteiger partial charge in [-0.3, -0.25) is 9.36 Å². The first-order chi connectivity index (χ1) is 12.3. The Morgan fingerprint density at radius 2 is 2.15 bits per heavy atom. The topological polar surface area (TPSA) is 69.4 Å². The molecule has 1 aromatic heterocycles. The summed E-state index contributed by atoms with van der Waals surface area (Å²) in [5, 5.41) is 4.27. The van der Waals surface area contributed by atoms with Gasteiger partial charge in [-0.25, -0.2) is 13.9 Å². The molecule has 1 aromatic carbocycles. The summed E-state index contributed by atoms with van der Waals surface area (Å²) in [7, 11) is 1.59. The van der Waals surface area contributed by atoms with Gasteiger partial charge in [-0.1, -0.05) is 17.7 Å². The van der Waals surface area contributed by atoms with E-state index in [1.807, 2.05) is 0 Å². The van der Waals surface area contributed by atoms with Crippen molar-refractivity contribution in [2.24, 2.45) is 7.05 Å². The molecule has 4 rings (SSSR count). The van der Waals surface area contributed by atoms with E-state index in [1.54, 1.807) is 24.6 Å². The van der Waals surface area contributed by atoms with Gasteiger partial charge in [-0.2, -0.15) is 5.10 Å². The molecule has 0 saturated carbocycles. The van der Waals surface area contributed by atoms with Gasteiger partial charge in [0.05, 0.1) is 23.7 Å². The molecular weight excluding hydrogens is 363 g/mol. The molecule has 0 radical (unpaired) electrons. The quantitative estimate of drug-likeness (QED) is 0.751. The molecule has 2 aliphatic rings. The molecular formula is C17H18ClFN4O3. The van der Waals surface area contributed by atoms with Crippen molar-refractivity contribution in [3.63, 3.8) is 0 Å². The van der Waals surface area contributed by atoms with Crippen molar-refractivity contribution < 1.29 is 13.9 Å². The van der Waals surface area contributed by atoms with E-state index >= 15 is 0 Å². The number of carbonyl (C=O) groups is 1. The number of likely N-dealkylation sites (tertiary alicyclic amines) is 1. The number of fused-ring (bicyclic) bond motifs is 1. The van der Waals surface area contributed by atoms with Crippen molar-refractivity contribution in [2.75, 3.05) is 13.1 Å². The maximum absolute atomic E-state index is 14.2. The number of halogens is 2. The minimum absolute atomic E-state index is 0.112. The molecule has 138 valence electrons. The van der Waals surface area contributed by atoms with Crippen LogP contribution in [0.2, 0.25) is 5.02 Å². The molecule has 1 fully saturated rings. The van der Waals surface area contributed by atoms with Crippen molar-refractivity contribution in [3.05, 3.63) is 50.4 Å². The summed E-state index contributed by atoms with van der Waals surface area (Å²) < 4.78 is 23.0. The van der Waals surface area contributed by atoms with Gasteiger partial charge in [0.25, 0.3) is 5.91 Å². The van der Waals surface area contributed by atoms with E-state index in [4.69, 9.17) is 16.3 Å². The van der Waals surface area contributed by atoms with Crippen molar-refractivity contribution in [1.29, 1.82) is 0 Å². The minimum atomic E-state index is -0.664. The molecule has 26 heavy (non-hydrogen) atoms. The largest absolute Gasteiger partial charge is 0.363 e. The molecule has 2 aliphatic heterocycles. The van der Waals surface area contributed by atoms with Crippen LogP contribution in [0.5, 0.6) is 0 Å². The van der Waals surface area contributed by atoms with Gasteiger partial charge in [0.15, 0.2) is 5.82 Å². The van der Waals surface area contributed by atoms with Crippen molar-refractivity contribution in [2.45, 2.75) is 32.1 Å². The number of aryl methyl sites for hydroxylation is 2. The van der Waals surface area contributed by atoms with Crippen LogP contribution < -0.4 is 5.69 Å². The number of amides is 1. The predicted molar refractivity (Wildman–Crippen MR) is 91.7 cm³/mol. The average Bonchev–Trinajstić information content (AvgIpc) is 3.14. The van der Waals surface area contributed by atoms with E-state index in [0.717, 1.165) is 0 Å². The van der Waals surface area contributed by atoms with Crippen molar-refractivity contribution in [1.82, 2.24) is 19.2 Å². The average molecular weight is 381 g/mol. The second kappa shape index (κ2) is 5.92. The van der Waals surface area contributed by atoms with E-state index < -0.39 is 17.3 Å². The van der Waals surface area contributed by atoms with E-state index in [9.17, 15) is 14.0 Å². The molecule has 9 heteroatoms. The number of nitrogens with zero attached hydrogens (tertiary/aromatic N) is 4. The predicted octanol–water partition coefficient (Wildman–Crippen LogP) is 1.50. The molecule has 7 nitrogen and oxygen atoms in total. The van der Waals surface area contributed by atoms with Gasteiger partial charge in [0, 0.05) is 13.6 Å². The minimum Gasteiger partial charge on any atom is -0.363 e. The third kappa shape index (κ3) is 2.55. The normalized spacial score (nSPS) is 22.1. The Bertz CT molecular complexity index is 970. The summed E-state index contributed by atoms with van der Waals surface area (Å²) >= 11 is 6.16. The molecule has 1 spiro atoms. The Kier molecular flexibility index (Phi) is 3.92. The lowest BCUT2D eigenvalue weighted by atomic mass is 10.0. The Hall–Kier alpha value is -2.19. The lowest BCUT2D eigenvalue weighted by molar-refractivity contribution is -0.0816. The number of hydrogen-bond acceptors (Lipinski definition) is 4. The first kappa shape index (κ1) is 17.2. The molecule has 1 atom stereocenters. The lowest BCUT2D eigenvalue weighted by Gasteiger charge is -2.33. The molecule has 3 heterocycles. The van der Waals surface area contributed by atoms with Crippen LogP contribution in [0.1, 0.15) is 28.2 Å². The highest BCUT2D eigenvalue weighted by atomic mass is 35.5. The fourth-order valence-corrected chi connectivity index (χ4v) is 3.88. The van der Waals surface area contributed by atoms with Gasteiger partial charge in [-0.05, 0) is 25.0 Å². The smallest absolute Gasteiger partial charge is 0.345 e. The number of rotatable bonds is 1. The molecule has 0 N–H and O–H groups in total. The zero-order valence-corrected chi connectivity index (χ0v) is 15.2. The molecule has 0 aliphatic carbocycles. The zero-order valence-electron chi connectivity index (χ0n) is 14.5. The summed E-state index contributed by atoms with van der Waals surface area (Å²) in [6.45, 7) is 2.94. The van der Waals surface area contributed by atoms with E-state index in [1.165, 1.54) is 15.6 Å². The number of hydrogen-bond donors (Lipinski definition) is 0. The van der Waals surface area contributed by atoms with Crippen LogP contribution in [-0.4, -0.2) is 43.8 Å². The highest BCUT2D eigenvalue weighted by Crippen LogP contribution is 2.33. The number of aromatic nitrogens is 3. The molecule has 1 saturated heterocycles. The first-order valence-corrected chi connectivity index (χ1v) is 8.70. The van der Waals surface area contributed by atoms with Gasteiger partial charge < -0.3 is 9.64 Å². The Balaban J connectivity index is 1.60. The summed E-state index contributed by atoms with van der Waals surface area (Å²) in [4.78, 5) is 26.6. The summed E-state index contributed by atoms with van der Waals surface area (Å²) in [5.41, 5.74) is -0.341. The van der Waals surface area contributed by atoms with Gasteiger partial charge in [-0.15, -0.1) is 0 Å². The Labute approximate surface area is 153 Å². The van der Waals surface area contributed by atoms with E-state index in [2.05, 4.69) is 5.10 Å². The van der Waals surface area contributed by atoms with Crippen molar-refractivity contribution in [3.8, 4) is 0 Å². The molecule has 2 aromatic rings.